The maximum Gasteiger partial charge on any atom is 0.258 e. The zero-order chi connectivity index (χ0) is 26.0. The normalized spacial score (nSPS) is 14.9. The molecule has 0 radical (unpaired) electrons. The second-order valence-electron chi connectivity index (χ2n) is 9.24. The third kappa shape index (κ3) is 5.40. The second-order valence-corrected chi connectivity index (χ2v) is 11.0. The van der Waals surface area contributed by atoms with Crippen molar-refractivity contribution < 1.29 is 17.7 Å². The van der Waals surface area contributed by atoms with E-state index >= 15 is 0 Å². The van der Waals surface area contributed by atoms with Gasteiger partial charge in [-0.25, -0.2) is 13.1 Å². The summed E-state index contributed by atoms with van der Waals surface area (Å²) in [5.41, 5.74) is 4.47. The number of hydrogen-bond acceptors (Lipinski definition) is 7. The van der Waals surface area contributed by atoms with Crippen molar-refractivity contribution in [3.63, 3.8) is 0 Å². The molecule has 0 bridgehead atoms. The van der Waals surface area contributed by atoms with Gasteiger partial charge < -0.3 is 9.26 Å². The third-order valence-corrected chi connectivity index (χ3v) is 7.53. The molecule has 37 heavy (non-hydrogen) atoms. The number of sulfonamides is 1. The summed E-state index contributed by atoms with van der Waals surface area (Å²) in [6, 6.07) is 21.9. The molecule has 4 aromatic rings. The van der Waals surface area contributed by atoms with Gasteiger partial charge in [-0.1, -0.05) is 53.7 Å². The molecule has 9 heteroatoms. The summed E-state index contributed by atoms with van der Waals surface area (Å²) in [6.45, 7) is 3.80. The van der Waals surface area contributed by atoms with E-state index in [1.165, 1.54) is 0 Å². The fraction of sp³-hybridized carbons (Fsp3) is 0.250. The predicted molar refractivity (Wildman–Crippen MR) is 139 cm³/mol. The van der Waals surface area contributed by atoms with Crippen LogP contribution >= 0.6 is 0 Å². The lowest BCUT2D eigenvalue weighted by atomic mass is 10.0. The summed E-state index contributed by atoms with van der Waals surface area (Å²) in [6.07, 6.45) is 1.28. The van der Waals surface area contributed by atoms with Crippen LogP contribution in [0, 0.1) is 11.3 Å². The highest BCUT2D eigenvalue weighted by atomic mass is 32.2. The first kappa shape index (κ1) is 24.7. The standard InChI is InChI=1S/C28H26N4O4S/c1-18(2)35-26-14-11-20(15-21(26)16-29)28-30-27(31-36-28)24-10-6-9-23-22(24)12-13-25(23)32-37(33,34)17-19-7-4-3-5-8-19/h3-11,14-15,18,25,32H,12-13,17H2,1-2H3/t25-/m1/s1. The Morgan fingerprint density at radius 3 is 2.70 bits per heavy atom. The average Bonchev–Trinajstić information content (AvgIpc) is 3.52. The van der Waals surface area contributed by atoms with E-state index < -0.39 is 10.0 Å². The second kappa shape index (κ2) is 10.2. The Hall–Kier alpha value is -4.00. The topological polar surface area (TPSA) is 118 Å². The molecule has 8 nitrogen and oxygen atoms in total. The smallest absolute Gasteiger partial charge is 0.258 e. The van der Waals surface area contributed by atoms with Crippen LogP contribution in [0.1, 0.15) is 48.6 Å². The SMILES string of the molecule is CC(C)Oc1ccc(-c2nc(-c3cccc4c3CC[C@H]4NS(=O)(=O)Cc3ccccc3)no2)cc1C#N. The molecule has 0 amide bonds. The Labute approximate surface area is 216 Å². The van der Waals surface area contributed by atoms with Gasteiger partial charge >= 0.3 is 0 Å². The molecule has 1 atom stereocenters. The number of nitriles is 1. The van der Waals surface area contributed by atoms with Gasteiger partial charge in [-0.15, -0.1) is 0 Å². The summed E-state index contributed by atoms with van der Waals surface area (Å²) in [7, 11) is -3.52. The van der Waals surface area contributed by atoms with Crippen molar-refractivity contribution in [2.75, 3.05) is 0 Å². The lowest BCUT2D eigenvalue weighted by molar-refractivity contribution is 0.241. The Kier molecular flexibility index (Phi) is 6.78. The largest absolute Gasteiger partial charge is 0.490 e. The molecule has 3 aromatic carbocycles. The maximum atomic E-state index is 12.8. The summed E-state index contributed by atoms with van der Waals surface area (Å²) in [4.78, 5) is 4.58. The third-order valence-electron chi connectivity index (χ3n) is 6.17. The van der Waals surface area contributed by atoms with Crippen LogP contribution in [0.3, 0.4) is 0 Å². The van der Waals surface area contributed by atoms with Gasteiger partial charge in [0.2, 0.25) is 15.8 Å². The number of nitrogens with one attached hydrogen (secondary N) is 1. The highest BCUT2D eigenvalue weighted by molar-refractivity contribution is 7.88. The van der Waals surface area contributed by atoms with Gasteiger partial charge in [-0.05, 0) is 61.6 Å². The molecule has 0 spiro atoms. The Morgan fingerprint density at radius 2 is 1.95 bits per heavy atom. The average molecular weight is 515 g/mol. The van der Waals surface area contributed by atoms with Crippen LogP contribution in [0.5, 0.6) is 5.75 Å². The fourth-order valence-corrected chi connectivity index (χ4v) is 5.99. The van der Waals surface area contributed by atoms with Crippen molar-refractivity contribution >= 4 is 10.0 Å². The fourth-order valence-electron chi connectivity index (χ4n) is 4.60. The van der Waals surface area contributed by atoms with Gasteiger partial charge in [0, 0.05) is 17.2 Å². The first-order valence-corrected chi connectivity index (χ1v) is 13.7. The molecule has 0 fully saturated rings. The summed E-state index contributed by atoms with van der Waals surface area (Å²) in [5.74, 6) is 1.14. The van der Waals surface area contributed by atoms with Crippen molar-refractivity contribution in [1.82, 2.24) is 14.9 Å². The molecule has 1 N–H and O–H groups in total. The van der Waals surface area contributed by atoms with E-state index in [2.05, 4.69) is 20.9 Å². The van der Waals surface area contributed by atoms with Crippen molar-refractivity contribution in [2.24, 2.45) is 0 Å². The number of ether oxygens (including phenoxy) is 1. The number of aromatic nitrogens is 2. The van der Waals surface area contributed by atoms with Crippen LogP contribution < -0.4 is 9.46 Å². The Bertz CT molecular complexity index is 1570. The van der Waals surface area contributed by atoms with E-state index in [1.54, 1.807) is 30.3 Å². The number of hydrogen-bond donors (Lipinski definition) is 1. The Morgan fingerprint density at radius 1 is 1.14 bits per heavy atom. The van der Waals surface area contributed by atoms with E-state index in [-0.39, 0.29) is 17.9 Å². The van der Waals surface area contributed by atoms with Gasteiger partial charge in [0.1, 0.15) is 11.8 Å². The molecule has 1 aliphatic carbocycles. The number of nitrogens with zero attached hydrogens (tertiary/aromatic N) is 3. The molecular weight excluding hydrogens is 488 g/mol. The van der Waals surface area contributed by atoms with Crippen molar-refractivity contribution in [2.45, 2.75) is 44.6 Å². The highest BCUT2D eigenvalue weighted by Gasteiger charge is 2.29. The van der Waals surface area contributed by atoms with Crippen molar-refractivity contribution in [3.05, 3.63) is 89.0 Å². The number of rotatable bonds is 8. The maximum absolute atomic E-state index is 12.8. The van der Waals surface area contributed by atoms with E-state index in [0.29, 0.717) is 41.4 Å². The van der Waals surface area contributed by atoms with Gasteiger partial charge in [0.15, 0.2) is 0 Å². The minimum atomic E-state index is -3.52. The van der Waals surface area contributed by atoms with E-state index in [9.17, 15) is 13.7 Å². The number of benzene rings is 3. The molecule has 0 saturated carbocycles. The summed E-state index contributed by atoms with van der Waals surface area (Å²) < 4.78 is 39.8. The van der Waals surface area contributed by atoms with Gasteiger partial charge in [0.25, 0.3) is 5.89 Å². The molecule has 1 heterocycles. The molecule has 5 rings (SSSR count). The minimum absolute atomic E-state index is 0.0558. The van der Waals surface area contributed by atoms with E-state index in [4.69, 9.17) is 9.26 Å². The van der Waals surface area contributed by atoms with Crippen LogP contribution in [-0.2, 0) is 22.2 Å². The lowest BCUT2D eigenvalue weighted by Crippen LogP contribution is -2.28. The molecule has 1 aliphatic rings. The first-order valence-electron chi connectivity index (χ1n) is 12.0. The van der Waals surface area contributed by atoms with Gasteiger partial charge in [-0.2, -0.15) is 10.2 Å². The van der Waals surface area contributed by atoms with Crippen LogP contribution in [0.15, 0.2) is 71.3 Å². The quantitative estimate of drug-likeness (QED) is 0.345. The predicted octanol–water partition coefficient (Wildman–Crippen LogP) is 5.17. The van der Waals surface area contributed by atoms with Gasteiger partial charge in [0.05, 0.1) is 17.4 Å². The van der Waals surface area contributed by atoms with Crippen LogP contribution in [-0.4, -0.2) is 24.7 Å². The van der Waals surface area contributed by atoms with Crippen LogP contribution in [0.4, 0.5) is 0 Å². The van der Waals surface area contributed by atoms with Crippen LogP contribution in [0.25, 0.3) is 22.8 Å². The first-order chi connectivity index (χ1) is 17.8. The zero-order valence-electron chi connectivity index (χ0n) is 20.5. The minimum Gasteiger partial charge on any atom is -0.490 e. The van der Waals surface area contributed by atoms with Gasteiger partial charge in [-0.3, -0.25) is 0 Å². The molecular formula is C28H26N4O4S. The van der Waals surface area contributed by atoms with Crippen molar-refractivity contribution in [3.8, 4) is 34.7 Å². The lowest BCUT2D eigenvalue weighted by Gasteiger charge is -2.15. The molecule has 0 unspecified atom stereocenters. The number of fused-ring (bicyclic) bond motifs is 1. The van der Waals surface area contributed by atoms with E-state index in [0.717, 1.165) is 22.3 Å². The molecule has 0 aliphatic heterocycles. The summed E-state index contributed by atoms with van der Waals surface area (Å²) in [5, 5.41) is 13.7. The van der Waals surface area contributed by atoms with E-state index in [1.807, 2.05) is 50.2 Å². The molecule has 188 valence electrons. The van der Waals surface area contributed by atoms with Crippen molar-refractivity contribution in [1.29, 1.82) is 5.26 Å². The summed E-state index contributed by atoms with van der Waals surface area (Å²) >= 11 is 0. The zero-order valence-corrected chi connectivity index (χ0v) is 21.3. The molecule has 1 aromatic heterocycles. The highest BCUT2D eigenvalue weighted by Crippen LogP contribution is 2.38. The Balaban J connectivity index is 1.38. The monoisotopic (exact) mass is 514 g/mol. The van der Waals surface area contributed by atoms with Crippen LogP contribution in [0.2, 0.25) is 0 Å². The molecule has 0 saturated heterocycles.